The molecule has 0 saturated heterocycles. The summed E-state index contributed by atoms with van der Waals surface area (Å²) in [5, 5.41) is 0. The largest absolute Gasteiger partial charge is 0.509 e. The smallest absolute Gasteiger partial charge is 0.438 e. The van der Waals surface area contributed by atoms with Gasteiger partial charge < -0.3 is 9.47 Å². The van der Waals surface area contributed by atoms with E-state index in [1.807, 2.05) is 49.4 Å². The summed E-state index contributed by atoms with van der Waals surface area (Å²) in [5.74, 6) is 5.90. The Kier molecular flexibility index (Phi) is 8.22. The molecule has 0 radical (unpaired) electrons. The normalized spacial score (nSPS) is 12.8. The molecule has 22 heavy (non-hydrogen) atoms. The van der Waals surface area contributed by atoms with Crippen LogP contribution in [-0.2, 0) is 15.9 Å². The molecule has 3 heteroatoms. The zero-order chi connectivity index (χ0) is 16.2. The van der Waals surface area contributed by atoms with E-state index in [1.165, 1.54) is 12.7 Å². The number of carbonyl (C=O) groups excluding carboxylic acids is 1. The van der Waals surface area contributed by atoms with Crippen molar-refractivity contribution in [3.8, 4) is 11.8 Å². The summed E-state index contributed by atoms with van der Waals surface area (Å²) in [6, 6.07) is 10.0. The number of hydrogen-bond acceptors (Lipinski definition) is 3. The highest BCUT2D eigenvalue weighted by atomic mass is 16.7. The Labute approximate surface area is 132 Å². The van der Waals surface area contributed by atoms with Crippen LogP contribution in [0.25, 0.3) is 0 Å². The second kappa shape index (κ2) is 10.3. The molecule has 0 bridgehead atoms. The number of ether oxygens (including phenoxy) is 2. The van der Waals surface area contributed by atoms with Crippen molar-refractivity contribution in [2.24, 2.45) is 5.92 Å². The van der Waals surface area contributed by atoms with Crippen LogP contribution in [0, 0.1) is 17.8 Å². The van der Waals surface area contributed by atoms with Crippen LogP contribution in [0.4, 0.5) is 4.79 Å². The Bertz CT molecular complexity index is 549. The maximum atomic E-state index is 11.5. The molecule has 0 heterocycles. The van der Waals surface area contributed by atoms with Crippen molar-refractivity contribution in [2.75, 3.05) is 7.11 Å². The number of hydrogen-bond donors (Lipinski definition) is 0. The molecule has 0 spiro atoms. The van der Waals surface area contributed by atoms with E-state index in [1.54, 1.807) is 6.08 Å². The molecule has 2 atom stereocenters. The lowest BCUT2D eigenvalue weighted by molar-refractivity contribution is 0.0364. The second-order valence-corrected chi connectivity index (χ2v) is 4.76. The van der Waals surface area contributed by atoms with Gasteiger partial charge in [-0.3, -0.25) is 0 Å². The summed E-state index contributed by atoms with van der Waals surface area (Å²) in [6.07, 6.45) is 5.56. The van der Waals surface area contributed by atoms with E-state index >= 15 is 0 Å². The first kappa shape index (κ1) is 17.6. The first-order chi connectivity index (χ1) is 10.7. The number of allylic oxidation sites excluding steroid dienone is 3. The highest BCUT2D eigenvalue weighted by Crippen LogP contribution is 2.19. The molecule has 0 aromatic heterocycles. The molecule has 1 aromatic carbocycles. The summed E-state index contributed by atoms with van der Waals surface area (Å²) in [5.41, 5.74) is 1.17. The summed E-state index contributed by atoms with van der Waals surface area (Å²) in [6.45, 7) is 5.67. The lowest BCUT2D eigenvalue weighted by atomic mass is 9.91. The third kappa shape index (κ3) is 6.32. The quantitative estimate of drug-likeness (QED) is 0.449. The fourth-order valence-corrected chi connectivity index (χ4v) is 2.05. The van der Waals surface area contributed by atoms with E-state index in [0.717, 1.165) is 6.42 Å². The van der Waals surface area contributed by atoms with Crippen LogP contribution in [0.15, 0.2) is 55.1 Å². The van der Waals surface area contributed by atoms with E-state index in [-0.39, 0.29) is 5.92 Å². The first-order valence-electron chi connectivity index (χ1n) is 7.22. The highest BCUT2D eigenvalue weighted by molar-refractivity contribution is 5.60. The van der Waals surface area contributed by atoms with Gasteiger partial charge in [0.2, 0.25) is 0 Å². The van der Waals surface area contributed by atoms with Crippen molar-refractivity contribution in [3.05, 3.63) is 60.7 Å². The van der Waals surface area contributed by atoms with Crippen LogP contribution in [0.2, 0.25) is 0 Å². The van der Waals surface area contributed by atoms with Gasteiger partial charge in [0.15, 0.2) is 6.10 Å². The van der Waals surface area contributed by atoms with Gasteiger partial charge in [-0.15, -0.1) is 6.58 Å². The van der Waals surface area contributed by atoms with Gasteiger partial charge in [0.05, 0.1) is 7.11 Å². The number of carbonyl (C=O) groups is 1. The Hall–Kier alpha value is -2.47. The van der Waals surface area contributed by atoms with Gasteiger partial charge in [-0.05, 0) is 31.4 Å². The van der Waals surface area contributed by atoms with E-state index < -0.39 is 12.3 Å². The van der Waals surface area contributed by atoms with Crippen molar-refractivity contribution >= 4 is 6.16 Å². The standard InChI is InChI=1S/C19H22O3/c1-4-6-8-14-18(22-19(20)21-3)17(11-5-2)15-16-12-9-7-10-13-16/h4-7,9-10,12-13,17-18H,2,11,15H2,1,3H3. The molecule has 2 unspecified atom stereocenters. The van der Waals surface area contributed by atoms with Crippen LogP contribution in [0.3, 0.4) is 0 Å². The third-order valence-electron chi connectivity index (χ3n) is 3.10. The lowest BCUT2D eigenvalue weighted by Crippen LogP contribution is -2.27. The van der Waals surface area contributed by atoms with Crippen molar-refractivity contribution in [3.63, 3.8) is 0 Å². The molecule has 3 nitrogen and oxygen atoms in total. The fraction of sp³-hybridized carbons (Fsp3) is 0.316. The van der Waals surface area contributed by atoms with E-state index in [2.05, 4.69) is 23.2 Å². The van der Waals surface area contributed by atoms with Gasteiger partial charge in [0, 0.05) is 5.92 Å². The van der Waals surface area contributed by atoms with Gasteiger partial charge in [-0.25, -0.2) is 4.79 Å². The Morgan fingerprint density at radius 3 is 2.68 bits per heavy atom. The predicted molar refractivity (Wildman–Crippen MR) is 88.3 cm³/mol. The van der Waals surface area contributed by atoms with Crippen molar-refractivity contribution in [1.29, 1.82) is 0 Å². The Morgan fingerprint density at radius 2 is 2.09 bits per heavy atom. The highest BCUT2D eigenvalue weighted by Gasteiger charge is 2.23. The van der Waals surface area contributed by atoms with Gasteiger partial charge in [0.1, 0.15) is 0 Å². The molecular weight excluding hydrogens is 276 g/mol. The maximum Gasteiger partial charge on any atom is 0.509 e. The van der Waals surface area contributed by atoms with Crippen molar-refractivity contribution in [2.45, 2.75) is 25.9 Å². The van der Waals surface area contributed by atoms with Crippen LogP contribution in [0.1, 0.15) is 18.9 Å². The Morgan fingerprint density at radius 1 is 1.36 bits per heavy atom. The van der Waals surface area contributed by atoms with Gasteiger partial charge in [-0.1, -0.05) is 54.3 Å². The van der Waals surface area contributed by atoms with Crippen LogP contribution >= 0.6 is 0 Å². The van der Waals surface area contributed by atoms with Crippen LogP contribution in [0.5, 0.6) is 0 Å². The molecule has 0 aliphatic heterocycles. The SMILES string of the molecule is C=CCC(Cc1ccccc1)C(C#CC=CC)OC(=O)OC. The molecule has 116 valence electrons. The summed E-state index contributed by atoms with van der Waals surface area (Å²) in [7, 11) is 1.29. The fourth-order valence-electron chi connectivity index (χ4n) is 2.05. The average Bonchev–Trinajstić information content (AvgIpc) is 2.54. The number of benzene rings is 1. The minimum absolute atomic E-state index is 0.0248. The zero-order valence-corrected chi connectivity index (χ0v) is 13.1. The predicted octanol–water partition coefficient (Wildman–Crippen LogP) is 4.15. The van der Waals surface area contributed by atoms with Crippen LogP contribution in [-0.4, -0.2) is 19.4 Å². The summed E-state index contributed by atoms with van der Waals surface area (Å²) in [4.78, 5) is 11.5. The molecule has 0 saturated carbocycles. The van der Waals surface area contributed by atoms with Crippen LogP contribution < -0.4 is 0 Å². The van der Waals surface area contributed by atoms with Crippen molar-refractivity contribution < 1.29 is 14.3 Å². The maximum absolute atomic E-state index is 11.5. The monoisotopic (exact) mass is 298 g/mol. The third-order valence-corrected chi connectivity index (χ3v) is 3.10. The summed E-state index contributed by atoms with van der Waals surface area (Å²) >= 11 is 0. The molecule has 0 aliphatic carbocycles. The second-order valence-electron chi connectivity index (χ2n) is 4.76. The topological polar surface area (TPSA) is 35.5 Å². The minimum atomic E-state index is -0.720. The Balaban J connectivity index is 2.94. The van der Waals surface area contributed by atoms with E-state index in [9.17, 15) is 4.79 Å². The molecule has 0 fully saturated rings. The first-order valence-corrected chi connectivity index (χ1v) is 7.22. The molecule has 0 amide bonds. The van der Waals surface area contributed by atoms with Gasteiger partial charge >= 0.3 is 6.16 Å². The molecule has 0 N–H and O–H groups in total. The zero-order valence-electron chi connectivity index (χ0n) is 13.1. The van der Waals surface area contributed by atoms with E-state index in [0.29, 0.717) is 6.42 Å². The average molecular weight is 298 g/mol. The minimum Gasteiger partial charge on any atom is -0.438 e. The number of rotatable bonds is 6. The van der Waals surface area contributed by atoms with Gasteiger partial charge in [0.25, 0.3) is 0 Å². The van der Waals surface area contributed by atoms with Gasteiger partial charge in [-0.2, -0.15) is 0 Å². The molecule has 0 aliphatic rings. The molecule has 1 aromatic rings. The van der Waals surface area contributed by atoms with E-state index in [4.69, 9.17) is 4.74 Å². The molecular formula is C19H22O3. The number of methoxy groups -OCH3 is 1. The summed E-state index contributed by atoms with van der Waals surface area (Å²) < 4.78 is 9.91. The lowest BCUT2D eigenvalue weighted by Gasteiger charge is -2.21. The van der Waals surface area contributed by atoms with Crippen molar-refractivity contribution in [1.82, 2.24) is 0 Å². The molecule has 1 rings (SSSR count).